The van der Waals surface area contributed by atoms with Crippen molar-refractivity contribution in [3.05, 3.63) is 57.9 Å². The van der Waals surface area contributed by atoms with Crippen molar-refractivity contribution in [2.45, 2.75) is 25.2 Å². The molecule has 6 heteroatoms. The molecule has 0 saturated heterocycles. The molecular formula is C19H17N3O2S. The first-order chi connectivity index (χ1) is 12.2. The lowest BCUT2D eigenvalue weighted by atomic mass is 10.0. The highest BCUT2D eigenvalue weighted by Gasteiger charge is 2.25. The number of rotatable bonds is 6. The molecule has 1 aliphatic carbocycles. The summed E-state index contributed by atoms with van der Waals surface area (Å²) in [5.74, 6) is 1.09. The number of nitrogens with one attached hydrogen (secondary N) is 2. The Hall–Kier alpha value is -2.73. The molecule has 1 aromatic carbocycles. The Balaban J connectivity index is 1.38. The zero-order valence-corrected chi connectivity index (χ0v) is 14.3. The maximum atomic E-state index is 12.2. The highest BCUT2D eigenvalue weighted by Crippen LogP contribution is 2.39. The summed E-state index contributed by atoms with van der Waals surface area (Å²) in [5, 5.41) is 11.9. The minimum atomic E-state index is -0.0830. The maximum Gasteiger partial charge on any atom is 0.229 e. The van der Waals surface area contributed by atoms with Crippen LogP contribution in [0.2, 0.25) is 0 Å². The van der Waals surface area contributed by atoms with Crippen LogP contribution >= 0.6 is 11.3 Å². The Labute approximate surface area is 149 Å². The topological polar surface area (TPSA) is 74.8 Å². The average molecular weight is 351 g/mol. The number of aromatic nitrogens is 2. The van der Waals surface area contributed by atoms with Gasteiger partial charge in [0.1, 0.15) is 0 Å². The van der Waals surface area contributed by atoms with Crippen molar-refractivity contribution in [2.75, 3.05) is 5.32 Å². The predicted molar refractivity (Wildman–Crippen MR) is 98.0 cm³/mol. The summed E-state index contributed by atoms with van der Waals surface area (Å²) in [6, 6.07) is 11.6. The van der Waals surface area contributed by atoms with Crippen molar-refractivity contribution in [2.24, 2.45) is 0 Å². The van der Waals surface area contributed by atoms with E-state index >= 15 is 0 Å². The van der Waals surface area contributed by atoms with Gasteiger partial charge in [-0.25, -0.2) is 0 Å². The summed E-state index contributed by atoms with van der Waals surface area (Å²) in [7, 11) is 0. The van der Waals surface area contributed by atoms with Crippen LogP contribution in [0.1, 0.15) is 39.7 Å². The largest absolute Gasteiger partial charge is 0.309 e. The van der Waals surface area contributed by atoms with Gasteiger partial charge in [0.15, 0.2) is 12.1 Å². The summed E-state index contributed by atoms with van der Waals surface area (Å²) < 4.78 is 0. The second-order valence-corrected chi connectivity index (χ2v) is 7.20. The Kier molecular flexibility index (Phi) is 4.19. The molecule has 1 aliphatic rings. The highest BCUT2D eigenvalue weighted by atomic mass is 32.1. The normalized spacial score (nSPS) is 13.6. The Morgan fingerprint density at radius 2 is 2.04 bits per heavy atom. The molecule has 2 N–H and O–H groups in total. The van der Waals surface area contributed by atoms with E-state index in [0.717, 1.165) is 28.7 Å². The van der Waals surface area contributed by atoms with Crippen LogP contribution in [-0.4, -0.2) is 22.4 Å². The molecule has 2 aromatic heterocycles. The second-order valence-electron chi connectivity index (χ2n) is 6.26. The van der Waals surface area contributed by atoms with E-state index in [4.69, 9.17) is 0 Å². The first-order valence-electron chi connectivity index (χ1n) is 8.19. The van der Waals surface area contributed by atoms with E-state index in [1.165, 1.54) is 24.2 Å². The second kappa shape index (κ2) is 6.64. The van der Waals surface area contributed by atoms with Gasteiger partial charge >= 0.3 is 0 Å². The number of carbonyl (C=O) groups is 2. The maximum absolute atomic E-state index is 12.2. The van der Waals surface area contributed by atoms with Crippen molar-refractivity contribution in [3.63, 3.8) is 0 Å². The number of thiophene rings is 1. The number of aldehydes is 1. The van der Waals surface area contributed by atoms with Crippen LogP contribution in [0.4, 0.5) is 5.82 Å². The fraction of sp³-hybridized carbons (Fsp3) is 0.211. The Morgan fingerprint density at radius 1 is 1.24 bits per heavy atom. The van der Waals surface area contributed by atoms with Gasteiger partial charge in [-0.15, -0.1) is 11.3 Å². The van der Waals surface area contributed by atoms with Gasteiger partial charge in [0.2, 0.25) is 5.91 Å². The Morgan fingerprint density at radius 3 is 2.72 bits per heavy atom. The van der Waals surface area contributed by atoms with E-state index in [2.05, 4.69) is 15.5 Å². The van der Waals surface area contributed by atoms with E-state index in [0.29, 0.717) is 23.0 Å². The molecule has 25 heavy (non-hydrogen) atoms. The molecule has 0 unspecified atom stereocenters. The third kappa shape index (κ3) is 3.69. The number of aromatic amines is 1. The van der Waals surface area contributed by atoms with Gasteiger partial charge in [0.05, 0.1) is 11.3 Å². The van der Waals surface area contributed by atoms with E-state index < -0.39 is 0 Å². The van der Waals surface area contributed by atoms with E-state index in [1.807, 2.05) is 41.8 Å². The lowest BCUT2D eigenvalue weighted by Gasteiger charge is -2.04. The molecule has 0 radical (unpaired) electrons. The summed E-state index contributed by atoms with van der Waals surface area (Å²) in [4.78, 5) is 23.7. The minimum absolute atomic E-state index is 0.0830. The summed E-state index contributed by atoms with van der Waals surface area (Å²) in [6.45, 7) is 0. The molecule has 5 nitrogen and oxygen atoms in total. The van der Waals surface area contributed by atoms with Gasteiger partial charge in [-0.2, -0.15) is 5.10 Å². The standard InChI is InChI=1S/C19H17N3O2S/c23-10-16-8-15(11-25-16)13-3-1-12(2-4-13)7-19(24)20-18-9-17(21-22-18)14-5-6-14/h1-4,8-11,14H,5-7H2,(H2,20,21,22,24). The van der Waals surface area contributed by atoms with Gasteiger partial charge in [-0.1, -0.05) is 24.3 Å². The third-order valence-electron chi connectivity index (χ3n) is 4.27. The summed E-state index contributed by atoms with van der Waals surface area (Å²) in [5.41, 5.74) is 4.09. The molecule has 3 aromatic rings. The molecule has 0 spiro atoms. The number of benzene rings is 1. The smallest absolute Gasteiger partial charge is 0.229 e. The number of nitrogens with zero attached hydrogens (tertiary/aromatic N) is 1. The third-order valence-corrected chi connectivity index (χ3v) is 5.13. The molecule has 1 saturated carbocycles. The van der Waals surface area contributed by atoms with Crippen LogP contribution in [0.15, 0.2) is 41.8 Å². The summed E-state index contributed by atoms with van der Waals surface area (Å²) >= 11 is 1.43. The van der Waals surface area contributed by atoms with Crippen molar-refractivity contribution in [1.29, 1.82) is 0 Å². The fourth-order valence-electron chi connectivity index (χ4n) is 2.76. The molecule has 0 atom stereocenters. The van der Waals surface area contributed by atoms with E-state index in [-0.39, 0.29) is 5.91 Å². The molecule has 4 rings (SSSR count). The Bertz CT molecular complexity index is 907. The van der Waals surface area contributed by atoms with Crippen molar-refractivity contribution in [3.8, 4) is 11.1 Å². The SMILES string of the molecule is O=Cc1cc(-c2ccc(CC(=O)Nc3cc(C4CC4)[nH]n3)cc2)cs1. The first kappa shape index (κ1) is 15.8. The van der Waals surface area contributed by atoms with E-state index in [9.17, 15) is 9.59 Å². The van der Waals surface area contributed by atoms with Crippen LogP contribution in [0.3, 0.4) is 0 Å². The van der Waals surface area contributed by atoms with Crippen molar-refractivity contribution in [1.82, 2.24) is 10.2 Å². The molecule has 126 valence electrons. The lowest BCUT2D eigenvalue weighted by molar-refractivity contribution is -0.115. The lowest BCUT2D eigenvalue weighted by Crippen LogP contribution is -2.14. The van der Waals surface area contributed by atoms with Crippen LogP contribution < -0.4 is 5.32 Å². The minimum Gasteiger partial charge on any atom is -0.309 e. The fourth-order valence-corrected chi connectivity index (χ4v) is 3.48. The number of H-pyrrole nitrogens is 1. The molecular weight excluding hydrogens is 334 g/mol. The van der Waals surface area contributed by atoms with Gasteiger partial charge in [-0.3, -0.25) is 14.7 Å². The monoisotopic (exact) mass is 351 g/mol. The average Bonchev–Trinajstić information content (AvgIpc) is 3.17. The van der Waals surface area contributed by atoms with Crippen molar-refractivity contribution < 1.29 is 9.59 Å². The van der Waals surface area contributed by atoms with Crippen molar-refractivity contribution >= 4 is 29.3 Å². The van der Waals surface area contributed by atoms with E-state index in [1.54, 1.807) is 0 Å². The number of anilines is 1. The zero-order chi connectivity index (χ0) is 17.2. The number of carbonyl (C=O) groups excluding carboxylic acids is 2. The quantitative estimate of drug-likeness (QED) is 0.659. The summed E-state index contributed by atoms with van der Waals surface area (Å²) in [6.07, 6.45) is 3.55. The van der Waals surface area contributed by atoms with Crippen LogP contribution in [0, 0.1) is 0 Å². The molecule has 1 fully saturated rings. The number of hydrogen-bond acceptors (Lipinski definition) is 4. The van der Waals surface area contributed by atoms with Gasteiger partial charge < -0.3 is 5.32 Å². The highest BCUT2D eigenvalue weighted by molar-refractivity contribution is 7.12. The van der Waals surface area contributed by atoms with Gasteiger partial charge in [0, 0.05) is 17.7 Å². The molecule has 2 heterocycles. The molecule has 1 amide bonds. The number of amides is 1. The molecule has 0 aliphatic heterocycles. The van der Waals surface area contributed by atoms with Gasteiger partial charge in [0.25, 0.3) is 0 Å². The molecule has 0 bridgehead atoms. The number of hydrogen-bond donors (Lipinski definition) is 2. The van der Waals surface area contributed by atoms with Crippen LogP contribution in [0.25, 0.3) is 11.1 Å². The van der Waals surface area contributed by atoms with Crippen LogP contribution in [0.5, 0.6) is 0 Å². The first-order valence-corrected chi connectivity index (χ1v) is 9.07. The van der Waals surface area contributed by atoms with Gasteiger partial charge in [-0.05, 0) is 41.0 Å². The van der Waals surface area contributed by atoms with Crippen LogP contribution in [-0.2, 0) is 11.2 Å². The predicted octanol–water partition coefficient (Wildman–Crippen LogP) is 4.01. The zero-order valence-electron chi connectivity index (χ0n) is 13.5.